The molecule has 1 rings (SSSR count). The predicted octanol–water partition coefficient (Wildman–Crippen LogP) is 3.19. The Bertz CT molecular complexity index is 300. The van der Waals surface area contributed by atoms with Crippen LogP contribution in [0.15, 0.2) is 10.5 Å². The second-order valence-corrected chi connectivity index (χ2v) is 5.45. The summed E-state index contributed by atoms with van der Waals surface area (Å²) < 4.78 is 29.3. The molecule has 0 saturated carbocycles. The predicted molar refractivity (Wildman–Crippen MR) is 65.3 cm³/mol. The van der Waals surface area contributed by atoms with Crippen LogP contribution >= 0.6 is 27.3 Å². The smallest absolute Gasteiger partial charge is 0.261 e. The molecule has 1 N–H and O–H groups in total. The van der Waals surface area contributed by atoms with Crippen LogP contribution in [0.5, 0.6) is 0 Å². The lowest BCUT2D eigenvalue weighted by Gasteiger charge is -2.04. The summed E-state index contributed by atoms with van der Waals surface area (Å²) in [6.45, 7) is 3.21. The summed E-state index contributed by atoms with van der Waals surface area (Å²) in [5.74, 6) is 0. The fourth-order valence-electron chi connectivity index (χ4n) is 1.13. The van der Waals surface area contributed by atoms with Gasteiger partial charge in [0.2, 0.25) is 0 Å². The van der Waals surface area contributed by atoms with Crippen LogP contribution in [-0.2, 0) is 11.3 Å². The van der Waals surface area contributed by atoms with Crippen molar-refractivity contribution < 1.29 is 13.5 Å². The van der Waals surface area contributed by atoms with Crippen LogP contribution in [0.1, 0.15) is 9.75 Å². The SMILES string of the molecule is Cc1sc(CNCCOCC(F)F)cc1Br. The first-order valence-corrected chi connectivity index (χ1v) is 6.52. The summed E-state index contributed by atoms with van der Waals surface area (Å²) in [5, 5.41) is 3.14. The lowest BCUT2D eigenvalue weighted by Crippen LogP contribution is -2.20. The molecule has 1 aromatic rings. The van der Waals surface area contributed by atoms with Gasteiger partial charge in [0.1, 0.15) is 6.61 Å². The van der Waals surface area contributed by atoms with Crippen molar-refractivity contribution in [3.05, 3.63) is 20.3 Å². The van der Waals surface area contributed by atoms with E-state index in [1.807, 2.05) is 6.92 Å². The van der Waals surface area contributed by atoms with Gasteiger partial charge in [-0.3, -0.25) is 0 Å². The number of rotatable bonds is 7. The van der Waals surface area contributed by atoms with Crippen LogP contribution in [0.2, 0.25) is 0 Å². The van der Waals surface area contributed by atoms with Crippen molar-refractivity contribution in [1.82, 2.24) is 5.32 Å². The van der Waals surface area contributed by atoms with E-state index in [0.717, 1.165) is 11.0 Å². The molecular weight excluding hydrogens is 300 g/mol. The zero-order valence-corrected chi connectivity index (χ0v) is 11.3. The van der Waals surface area contributed by atoms with E-state index in [9.17, 15) is 8.78 Å². The Balaban J connectivity index is 2.07. The molecule has 0 atom stereocenters. The van der Waals surface area contributed by atoms with Gasteiger partial charge in [-0.05, 0) is 28.9 Å². The van der Waals surface area contributed by atoms with Crippen molar-refractivity contribution in [2.75, 3.05) is 19.8 Å². The molecule has 0 amide bonds. The molecule has 0 aliphatic rings. The highest BCUT2D eigenvalue weighted by molar-refractivity contribution is 9.10. The third-order valence-electron chi connectivity index (χ3n) is 1.87. The van der Waals surface area contributed by atoms with E-state index in [0.29, 0.717) is 13.2 Å². The van der Waals surface area contributed by atoms with Gasteiger partial charge in [-0.2, -0.15) is 0 Å². The molecule has 0 bridgehead atoms. The first kappa shape index (κ1) is 14.0. The normalized spacial score (nSPS) is 11.3. The number of nitrogens with one attached hydrogen (secondary N) is 1. The van der Waals surface area contributed by atoms with E-state index < -0.39 is 13.0 Å². The van der Waals surface area contributed by atoms with Crippen LogP contribution in [-0.4, -0.2) is 26.2 Å². The highest BCUT2D eigenvalue weighted by atomic mass is 79.9. The highest BCUT2D eigenvalue weighted by Crippen LogP contribution is 2.25. The Hall–Kier alpha value is -0.0400. The maximum atomic E-state index is 11.7. The molecule has 16 heavy (non-hydrogen) atoms. The standard InChI is InChI=1S/C10H14BrF2NOS/c1-7-9(11)4-8(16-7)5-14-2-3-15-6-10(12)13/h4,10,14H,2-3,5-6H2,1H3. The van der Waals surface area contributed by atoms with Crippen LogP contribution < -0.4 is 5.32 Å². The molecule has 0 unspecified atom stereocenters. The summed E-state index contributed by atoms with van der Waals surface area (Å²) in [4.78, 5) is 2.46. The Morgan fingerprint density at radius 2 is 2.31 bits per heavy atom. The van der Waals surface area contributed by atoms with Gasteiger partial charge in [0.25, 0.3) is 6.43 Å². The van der Waals surface area contributed by atoms with Crippen molar-refractivity contribution in [1.29, 1.82) is 0 Å². The molecule has 0 aromatic carbocycles. The molecule has 92 valence electrons. The van der Waals surface area contributed by atoms with Gasteiger partial charge >= 0.3 is 0 Å². The number of thiophene rings is 1. The minimum atomic E-state index is -2.38. The van der Waals surface area contributed by atoms with E-state index >= 15 is 0 Å². The van der Waals surface area contributed by atoms with Crippen molar-refractivity contribution in [3.8, 4) is 0 Å². The zero-order chi connectivity index (χ0) is 12.0. The number of aryl methyl sites for hydroxylation is 1. The lowest BCUT2D eigenvalue weighted by atomic mass is 10.4. The molecular formula is C10H14BrF2NOS. The highest BCUT2D eigenvalue weighted by Gasteiger charge is 2.03. The van der Waals surface area contributed by atoms with Crippen LogP contribution in [0.3, 0.4) is 0 Å². The Labute approximate surface area is 106 Å². The van der Waals surface area contributed by atoms with Gasteiger partial charge in [-0.15, -0.1) is 11.3 Å². The molecule has 0 aliphatic carbocycles. The third-order valence-corrected chi connectivity index (χ3v) is 4.01. The Morgan fingerprint density at radius 1 is 1.56 bits per heavy atom. The van der Waals surface area contributed by atoms with E-state index in [1.54, 1.807) is 11.3 Å². The summed E-state index contributed by atoms with van der Waals surface area (Å²) >= 11 is 5.15. The van der Waals surface area contributed by atoms with E-state index in [4.69, 9.17) is 4.74 Å². The molecule has 6 heteroatoms. The van der Waals surface area contributed by atoms with Crippen molar-refractivity contribution >= 4 is 27.3 Å². The number of alkyl halides is 2. The molecule has 0 saturated heterocycles. The first-order valence-electron chi connectivity index (χ1n) is 4.91. The average Bonchev–Trinajstić information content (AvgIpc) is 2.52. The second kappa shape index (κ2) is 7.32. The van der Waals surface area contributed by atoms with Crippen molar-refractivity contribution in [2.24, 2.45) is 0 Å². The van der Waals surface area contributed by atoms with E-state index in [-0.39, 0.29) is 0 Å². The molecule has 0 fully saturated rings. The molecule has 1 heterocycles. The number of halogens is 3. The summed E-state index contributed by atoms with van der Waals surface area (Å²) in [6, 6.07) is 2.06. The fourth-order valence-corrected chi connectivity index (χ4v) is 2.70. The number of ether oxygens (including phenoxy) is 1. The molecule has 2 nitrogen and oxygen atoms in total. The Morgan fingerprint density at radius 3 is 2.88 bits per heavy atom. The summed E-state index contributed by atoms with van der Waals surface area (Å²) in [7, 11) is 0. The quantitative estimate of drug-likeness (QED) is 0.781. The zero-order valence-electron chi connectivity index (χ0n) is 8.93. The molecule has 1 aromatic heterocycles. The van der Waals surface area contributed by atoms with Gasteiger partial charge in [-0.1, -0.05) is 0 Å². The molecule has 0 aliphatic heterocycles. The Kier molecular flexibility index (Phi) is 6.41. The summed E-state index contributed by atoms with van der Waals surface area (Å²) in [6.07, 6.45) is -2.38. The van der Waals surface area contributed by atoms with Gasteiger partial charge in [0.15, 0.2) is 0 Å². The fraction of sp³-hybridized carbons (Fsp3) is 0.600. The minimum Gasteiger partial charge on any atom is -0.374 e. The topological polar surface area (TPSA) is 21.3 Å². The average molecular weight is 314 g/mol. The maximum absolute atomic E-state index is 11.7. The number of hydrogen-bond acceptors (Lipinski definition) is 3. The second-order valence-electron chi connectivity index (χ2n) is 3.26. The third kappa shape index (κ3) is 5.34. The number of hydrogen-bond donors (Lipinski definition) is 1. The summed E-state index contributed by atoms with van der Waals surface area (Å²) in [5.41, 5.74) is 0. The van der Waals surface area contributed by atoms with Gasteiger partial charge in [0.05, 0.1) is 6.61 Å². The monoisotopic (exact) mass is 313 g/mol. The van der Waals surface area contributed by atoms with Crippen molar-refractivity contribution in [2.45, 2.75) is 19.9 Å². The van der Waals surface area contributed by atoms with E-state index in [1.165, 1.54) is 9.75 Å². The minimum absolute atomic E-state index is 0.315. The molecule has 0 radical (unpaired) electrons. The largest absolute Gasteiger partial charge is 0.374 e. The van der Waals surface area contributed by atoms with Gasteiger partial charge in [0, 0.05) is 27.3 Å². The molecule has 0 spiro atoms. The lowest BCUT2D eigenvalue weighted by molar-refractivity contribution is 0.0187. The van der Waals surface area contributed by atoms with Crippen LogP contribution in [0, 0.1) is 6.92 Å². The van der Waals surface area contributed by atoms with Crippen LogP contribution in [0.4, 0.5) is 8.78 Å². The van der Waals surface area contributed by atoms with Crippen LogP contribution in [0.25, 0.3) is 0 Å². The van der Waals surface area contributed by atoms with Gasteiger partial charge < -0.3 is 10.1 Å². The van der Waals surface area contributed by atoms with Crippen molar-refractivity contribution in [3.63, 3.8) is 0 Å². The maximum Gasteiger partial charge on any atom is 0.261 e. The van der Waals surface area contributed by atoms with E-state index in [2.05, 4.69) is 27.3 Å². The first-order chi connectivity index (χ1) is 7.59. The van der Waals surface area contributed by atoms with Gasteiger partial charge in [-0.25, -0.2) is 8.78 Å².